The predicted molar refractivity (Wildman–Crippen MR) is 234 cm³/mol. The molecule has 22 heteroatoms. The number of hydrogen-bond donors (Lipinski definition) is 8. The number of nitrogens with zero attached hydrogens (tertiary/aromatic N) is 1. The molecule has 0 aromatic heterocycles. The average molecular weight is 973 g/mol. The van der Waals surface area contributed by atoms with Gasteiger partial charge in [0, 0.05) is 47.9 Å². The molecule has 3 aliphatic heterocycles. The van der Waals surface area contributed by atoms with Gasteiger partial charge in [0.2, 0.25) is 11.8 Å². The number of amides is 4. The summed E-state index contributed by atoms with van der Waals surface area (Å²) in [6.07, 6.45) is -3.13. The molecule has 1 saturated carbocycles. The molecule has 0 bridgehead atoms. The van der Waals surface area contributed by atoms with Crippen molar-refractivity contribution in [2.24, 2.45) is 16.8 Å². The van der Waals surface area contributed by atoms with E-state index in [0.29, 0.717) is 28.9 Å². The first-order valence-corrected chi connectivity index (χ1v) is 22.7. The number of rotatable bonds is 23. The number of ketones is 4. The van der Waals surface area contributed by atoms with Gasteiger partial charge < -0.3 is 56.5 Å². The Morgan fingerprint density at radius 2 is 1.63 bits per heavy atom. The smallest absolute Gasteiger partial charge is 0.862 e. The van der Waals surface area contributed by atoms with Crippen molar-refractivity contribution in [2.75, 3.05) is 32.0 Å². The van der Waals surface area contributed by atoms with Gasteiger partial charge in [0.15, 0.2) is 23.6 Å². The number of nitrogens with one attached hydrogen (secondary N) is 5. The second kappa shape index (κ2) is 26.0. The third-order valence-electron chi connectivity index (χ3n) is 11.7. The van der Waals surface area contributed by atoms with Gasteiger partial charge in [0.1, 0.15) is 24.5 Å². The van der Waals surface area contributed by atoms with Gasteiger partial charge in [0.05, 0.1) is 49.8 Å². The van der Waals surface area contributed by atoms with Gasteiger partial charge in [-0.05, 0) is 42.7 Å². The summed E-state index contributed by atoms with van der Waals surface area (Å²) < 4.78 is 12.0. The van der Waals surface area contributed by atoms with E-state index in [1.807, 2.05) is 6.07 Å². The minimum absolute atomic E-state index is 0. The first-order valence-electron chi connectivity index (χ1n) is 21.6. The number of aliphatic hydroxyl groups excluding tert-OH is 2. The third kappa shape index (κ3) is 15.4. The summed E-state index contributed by atoms with van der Waals surface area (Å²) in [7, 11) is 0. The van der Waals surface area contributed by atoms with Crippen molar-refractivity contribution in [3.63, 3.8) is 0 Å². The molecule has 4 amide bonds. The van der Waals surface area contributed by atoms with Crippen LogP contribution in [0, 0.1) is 11.8 Å². The number of benzene rings is 2. The molecule has 4 fully saturated rings. The van der Waals surface area contributed by atoms with Crippen LogP contribution >= 0.6 is 11.8 Å². The summed E-state index contributed by atoms with van der Waals surface area (Å²) in [4.78, 5) is 103. The largest absolute Gasteiger partial charge is 1.00 e. The molecule has 6 rings (SSSR count). The number of carboxylic acids is 1. The SMILES string of the molecule is O=C(O)C[C@H]1CCC(=O)[C@@H]1C(=O)/C=C\CCO[C@H]1O[C@@H](CC(=O)CNC(=O)CNC(=O)CN=C([O-])C[C@@H]2SC[C@@H]3NC(=O)N[C@@H]32)[C@@H](O)[C@@H](O)[C@@H]1NCc1ccc(C(=O)c2ccccc2)cc1.[K+]. The zero-order chi connectivity index (χ0) is 47.3. The van der Waals surface area contributed by atoms with Crippen molar-refractivity contribution in [3.05, 3.63) is 83.4 Å². The number of Topliss-reactive ketones (excluding diaryl/α,β-unsaturated/α-hetero) is 2. The van der Waals surface area contributed by atoms with E-state index in [4.69, 9.17) is 9.47 Å². The Morgan fingerprint density at radius 1 is 0.910 bits per heavy atom. The van der Waals surface area contributed by atoms with Gasteiger partial charge in [-0.25, -0.2) is 4.79 Å². The van der Waals surface area contributed by atoms with Crippen LogP contribution in [0.25, 0.3) is 0 Å². The van der Waals surface area contributed by atoms with Gasteiger partial charge in [0.25, 0.3) is 0 Å². The molecule has 354 valence electrons. The number of aliphatic hydroxyl groups is 2. The van der Waals surface area contributed by atoms with Gasteiger partial charge in [-0.1, -0.05) is 60.7 Å². The number of carboxylic acid groups (broad SMARTS) is 1. The molecule has 8 N–H and O–H groups in total. The van der Waals surface area contributed by atoms with Crippen LogP contribution in [0.15, 0.2) is 71.7 Å². The number of aliphatic carboxylic acids is 1. The van der Waals surface area contributed by atoms with Crippen LogP contribution in [-0.2, 0) is 44.8 Å². The Balaban J connectivity index is 0.00000840. The van der Waals surface area contributed by atoms with Gasteiger partial charge in [-0.3, -0.25) is 38.6 Å². The summed E-state index contributed by atoms with van der Waals surface area (Å²) in [6.45, 7) is -1.50. The van der Waals surface area contributed by atoms with Crippen LogP contribution in [0.4, 0.5) is 4.79 Å². The first-order chi connectivity index (χ1) is 31.7. The fourth-order valence-electron chi connectivity index (χ4n) is 8.28. The Hall–Kier alpha value is -4.20. The van der Waals surface area contributed by atoms with Crippen molar-refractivity contribution >= 4 is 64.6 Å². The number of ether oxygens (including phenoxy) is 2. The topological polar surface area (TPSA) is 311 Å². The normalized spacial score (nSPS) is 26.8. The fraction of sp³-hybridized carbons (Fsp3) is 0.489. The maximum absolute atomic E-state index is 13.0. The molecule has 0 unspecified atom stereocenters. The second-order valence-electron chi connectivity index (χ2n) is 16.5. The van der Waals surface area contributed by atoms with Gasteiger partial charge >= 0.3 is 63.4 Å². The molecule has 3 heterocycles. The fourth-order valence-corrected chi connectivity index (χ4v) is 9.75. The number of urea groups is 1. The minimum Gasteiger partial charge on any atom is -0.862 e. The maximum atomic E-state index is 13.0. The van der Waals surface area contributed by atoms with E-state index in [2.05, 4.69) is 31.6 Å². The number of aliphatic imine (C=N–C) groups is 1. The van der Waals surface area contributed by atoms with Crippen molar-refractivity contribution in [1.29, 1.82) is 0 Å². The number of fused-ring (bicyclic) bond motifs is 1. The summed E-state index contributed by atoms with van der Waals surface area (Å²) in [5.41, 5.74) is 1.71. The van der Waals surface area contributed by atoms with E-state index >= 15 is 0 Å². The molecular formula is C45H53KN6O14S. The van der Waals surface area contributed by atoms with Crippen LogP contribution in [0.5, 0.6) is 0 Å². The third-order valence-corrected chi connectivity index (χ3v) is 13.2. The molecule has 20 nitrogen and oxygen atoms in total. The van der Waals surface area contributed by atoms with Crippen molar-refractivity contribution in [1.82, 2.24) is 26.6 Å². The molecule has 4 aliphatic rings. The average Bonchev–Trinajstić information content (AvgIpc) is 3.98. The van der Waals surface area contributed by atoms with E-state index < -0.39 is 104 Å². The number of thioether (sulfide) groups is 1. The van der Waals surface area contributed by atoms with Gasteiger partial charge in [-0.2, -0.15) is 11.8 Å². The predicted octanol–water partition coefficient (Wildman–Crippen LogP) is -4.07. The van der Waals surface area contributed by atoms with Crippen LogP contribution < -0.4 is 83.1 Å². The molecule has 2 aromatic rings. The molecule has 3 saturated heterocycles. The standard InChI is InChI=1S/C45H54N6O14S.K/c52-28(20-46-35(56)22-48-36(57)21-47-34(55)18-33-39-29(23-66-33)50-45(63)51-39)17-32-42(61)43(62)40(49-19-24-9-11-26(12-10-24)41(60)25-6-2-1-3-7-25)44(65-32)64-15-5-4-8-30(53)38-27(16-37(58)59)13-14-31(38)54;/h1-4,6-12,27,29,32-33,38-40,42-44,49,61-62H,5,13-23H2,(H,46,56)(H,47,55)(H,48,57)(H,58,59)(H2,50,51,63);/q;+1/p-1/b8-4-;/t27-,29+,32+,33+,38+,39+,40+,42-,43+,44+;/m1./s1. The zero-order valence-electron chi connectivity index (χ0n) is 36.8. The molecule has 1 aliphatic carbocycles. The van der Waals surface area contributed by atoms with Crippen LogP contribution in [-0.4, -0.2) is 148 Å². The molecule has 0 radical (unpaired) electrons. The number of allylic oxidation sites excluding steroid dienone is 1. The second-order valence-corrected chi connectivity index (χ2v) is 17.7. The Morgan fingerprint density at radius 3 is 2.36 bits per heavy atom. The van der Waals surface area contributed by atoms with E-state index in [1.54, 1.807) is 48.5 Å². The van der Waals surface area contributed by atoms with E-state index in [0.717, 1.165) is 0 Å². The number of carbonyl (C=O) groups is 8. The van der Waals surface area contributed by atoms with Crippen molar-refractivity contribution in [2.45, 2.75) is 93.0 Å². The molecule has 2 aromatic carbocycles. The summed E-state index contributed by atoms with van der Waals surface area (Å²) in [6, 6.07) is 13.9. The Labute approximate surface area is 432 Å². The Bertz CT molecular complexity index is 2180. The molecule has 0 spiro atoms. The first kappa shape index (κ1) is 53.7. The summed E-state index contributed by atoms with van der Waals surface area (Å²) >= 11 is 1.52. The molecule has 10 atom stereocenters. The van der Waals surface area contributed by atoms with Crippen LogP contribution in [0.1, 0.15) is 60.0 Å². The van der Waals surface area contributed by atoms with E-state index in [-0.39, 0.29) is 125 Å². The zero-order valence-corrected chi connectivity index (χ0v) is 40.7. The number of hydrogen-bond acceptors (Lipinski definition) is 16. The molecule has 67 heavy (non-hydrogen) atoms. The minimum atomic E-state index is -1.60. The maximum Gasteiger partial charge on any atom is 1.00 e. The molecular weight excluding hydrogens is 920 g/mol. The Kier molecular flexibility index (Phi) is 20.8. The summed E-state index contributed by atoms with van der Waals surface area (Å²) in [5, 5.41) is 57.2. The quantitative estimate of drug-likeness (QED) is 0.00768. The van der Waals surface area contributed by atoms with Gasteiger partial charge in [-0.15, -0.1) is 0 Å². The van der Waals surface area contributed by atoms with Crippen molar-refractivity contribution in [3.8, 4) is 0 Å². The van der Waals surface area contributed by atoms with Crippen LogP contribution in [0.2, 0.25) is 0 Å². The van der Waals surface area contributed by atoms with E-state index in [9.17, 15) is 58.8 Å². The number of carbonyl (C=O) groups excluding carboxylic acids is 7. The van der Waals surface area contributed by atoms with E-state index in [1.165, 1.54) is 23.9 Å². The summed E-state index contributed by atoms with van der Waals surface area (Å²) in [5.74, 6) is -5.58. The van der Waals surface area contributed by atoms with Crippen LogP contribution in [0.3, 0.4) is 0 Å². The monoisotopic (exact) mass is 972 g/mol. The van der Waals surface area contributed by atoms with Crippen molar-refractivity contribution < 1.29 is 120 Å².